The van der Waals surface area contributed by atoms with Gasteiger partial charge in [0.05, 0.1) is 6.04 Å². The van der Waals surface area contributed by atoms with Gasteiger partial charge in [-0.2, -0.15) is 0 Å². The van der Waals surface area contributed by atoms with Crippen molar-refractivity contribution in [1.82, 2.24) is 9.97 Å². The van der Waals surface area contributed by atoms with Crippen LogP contribution in [0.3, 0.4) is 0 Å². The highest BCUT2D eigenvalue weighted by molar-refractivity contribution is 5.45. The highest BCUT2D eigenvalue weighted by atomic mass is 15.2. The van der Waals surface area contributed by atoms with Crippen LogP contribution in [-0.4, -0.2) is 16.5 Å². The summed E-state index contributed by atoms with van der Waals surface area (Å²) in [5.41, 5.74) is 2.63. The standard InChI is InChI=1S/C17H19N3/c1-2-5-14(6-3-1)16-7-4-10-20(16)17-11-15(13-8-9-13)18-12-19-17/h1-3,5-6,11-13,16H,4,7-10H2. The summed E-state index contributed by atoms with van der Waals surface area (Å²) in [6.45, 7) is 1.10. The Morgan fingerprint density at radius 3 is 2.65 bits per heavy atom. The van der Waals surface area contributed by atoms with Crippen LogP contribution < -0.4 is 4.90 Å². The third-order valence-electron chi connectivity index (χ3n) is 4.40. The van der Waals surface area contributed by atoms with Crippen LogP contribution in [-0.2, 0) is 0 Å². The van der Waals surface area contributed by atoms with E-state index in [1.165, 1.54) is 36.9 Å². The van der Waals surface area contributed by atoms with Crippen molar-refractivity contribution in [3.63, 3.8) is 0 Å². The van der Waals surface area contributed by atoms with Crippen molar-refractivity contribution < 1.29 is 0 Å². The molecule has 20 heavy (non-hydrogen) atoms. The summed E-state index contributed by atoms with van der Waals surface area (Å²) in [6.07, 6.45) is 6.77. The van der Waals surface area contributed by atoms with Gasteiger partial charge in [0, 0.05) is 24.2 Å². The van der Waals surface area contributed by atoms with E-state index in [2.05, 4.69) is 51.3 Å². The lowest BCUT2D eigenvalue weighted by Crippen LogP contribution is -2.23. The maximum Gasteiger partial charge on any atom is 0.132 e. The molecule has 0 bridgehead atoms. The minimum Gasteiger partial charge on any atom is -0.349 e. The molecule has 3 nitrogen and oxygen atoms in total. The summed E-state index contributed by atoms with van der Waals surface area (Å²) in [5, 5.41) is 0. The second-order valence-electron chi connectivity index (χ2n) is 5.84. The van der Waals surface area contributed by atoms with Crippen molar-refractivity contribution in [2.45, 2.75) is 37.6 Å². The molecule has 4 rings (SSSR count). The fourth-order valence-electron chi connectivity index (χ4n) is 3.18. The predicted molar refractivity (Wildman–Crippen MR) is 79.8 cm³/mol. The molecule has 0 N–H and O–H groups in total. The van der Waals surface area contributed by atoms with Gasteiger partial charge < -0.3 is 4.90 Å². The van der Waals surface area contributed by atoms with Crippen LogP contribution in [0.15, 0.2) is 42.7 Å². The van der Waals surface area contributed by atoms with Crippen LogP contribution in [0.2, 0.25) is 0 Å². The summed E-state index contributed by atoms with van der Waals surface area (Å²) in [5.74, 6) is 1.79. The average Bonchev–Trinajstić information content (AvgIpc) is 3.25. The lowest BCUT2D eigenvalue weighted by molar-refractivity contribution is 0.709. The van der Waals surface area contributed by atoms with Gasteiger partial charge in [0.1, 0.15) is 12.1 Å². The number of hydrogen-bond acceptors (Lipinski definition) is 3. The molecule has 1 aliphatic heterocycles. The Morgan fingerprint density at radius 2 is 1.85 bits per heavy atom. The zero-order valence-corrected chi connectivity index (χ0v) is 11.6. The number of anilines is 1. The minimum atomic E-state index is 0.471. The van der Waals surface area contributed by atoms with Gasteiger partial charge in [-0.25, -0.2) is 9.97 Å². The van der Waals surface area contributed by atoms with E-state index in [4.69, 9.17) is 0 Å². The molecule has 2 heterocycles. The van der Waals surface area contributed by atoms with Gasteiger partial charge in [-0.3, -0.25) is 0 Å². The first-order chi connectivity index (χ1) is 9.92. The van der Waals surface area contributed by atoms with Crippen molar-refractivity contribution in [3.05, 3.63) is 54.0 Å². The molecule has 1 atom stereocenters. The van der Waals surface area contributed by atoms with E-state index in [-0.39, 0.29) is 0 Å². The Balaban J connectivity index is 1.65. The molecule has 0 spiro atoms. The maximum atomic E-state index is 4.52. The number of hydrogen-bond donors (Lipinski definition) is 0. The highest BCUT2D eigenvalue weighted by Crippen LogP contribution is 2.41. The smallest absolute Gasteiger partial charge is 0.132 e. The third-order valence-corrected chi connectivity index (χ3v) is 4.40. The summed E-state index contributed by atoms with van der Waals surface area (Å²) in [7, 11) is 0. The van der Waals surface area contributed by atoms with E-state index in [1.54, 1.807) is 6.33 Å². The van der Waals surface area contributed by atoms with Crippen molar-refractivity contribution in [2.24, 2.45) is 0 Å². The van der Waals surface area contributed by atoms with Gasteiger partial charge in [-0.05, 0) is 31.2 Å². The van der Waals surface area contributed by atoms with E-state index >= 15 is 0 Å². The Bertz CT molecular complexity index is 592. The van der Waals surface area contributed by atoms with Crippen LogP contribution in [0, 0.1) is 0 Å². The molecule has 2 aliphatic rings. The number of rotatable bonds is 3. The van der Waals surface area contributed by atoms with Gasteiger partial charge in [0.2, 0.25) is 0 Å². The number of benzene rings is 1. The molecule has 1 saturated heterocycles. The van der Waals surface area contributed by atoms with Gasteiger partial charge in [0.15, 0.2) is 0 Å². The Kier molecular flexibility index (Phi) is 2.91. The zero-order chi connectivity index (χ0) is 13.4. The molecule has 1 unspecified atom stereocenters. The van der Waals surface area contributed by atoms with E-state index in [0.717, 1.165) is 12.4 Å². The van der Waals surface area contributed by atoms with Crippen molar-refractivity contribution in [2.75, 3.05) is 11.4 Å². The predicted octanol–water partition coefficient (Wildman–Crippen LogP) is 3.70. The van der Waals surface area contributed by atoms with E-state index in [9.17, 15) is 0 Å². The molecule has 1 aromatic carbocycles. The van der Waals surface area contributed by atoms with Gasteiger partial charge in [-0.1, -0.05) is 30.3 Å². The summed E-state index contributed by atoms with van der Waals surface area (Å²) in [6, 6.07) is 13.5. The average molecular weight is 265 g/mol. The first kappa shape index (κ1) is 11.9. The van der Waals surface area contributed by atoms with Crippen molar-refractivity contribution >= 4 is 5.82 Å². The molecule has 1 aromatic heterocycles. The summed E-state index contributed by atoms with van der Waals surface area (Å²) >= 11 is 0. The van der Waals surface area contributed by atoms with Crippen molar-refractivity contribution in [1.29, 1.82) is 0 Å². The summed E-state index contributed by atoms with van der Waals surface area (Å²) in [4.78, 5) is 11.4. The topological polar surface area (TPSA) is 29.0 Å². The van der Waals surface area contributed by atoms with E-state index in [1.807, 2.05) is 0 Å². The molecule has 1 saturated carbocycles. The van der Waals surface area contributed by atoms with Gasteiger partial charge in [-0.15, -0.1) is 0 Å². The van der Waals surface area contributed by atoms with Crippen LogP contribution in [0.4, 0.5) is 5.82 Å². The third kappa shape index (κ3) is 2.17. The quantitative estimate of drug-likeness (QED) is 0.847. The largest absolute Gasteiger partial charge is 0.349 e. The lowest BCUT2D eigenvalue weighted by atomic mass is 10.0. The Morgan fingerprint density at radius 1 is 1.00 bits per heavy atom. The van der Waals surface area contributed by atoms with Crippen LogP contribution in [0.1, 0.15) is 48.9 Å². The fourth-order valence-corrected chi connectivity index (χ4v) is 3.18. The fraction of sp³-hybridized carbons (Fsp3) is 0.412. The second-order valence-corrected chi connectivity index (χ2v) is 5.84. The SMILES string of the molecule is c1ccc(C2CCCN2c2cc(C3CC3)ncn2)cc1. The first-order valence-corrected chi connectivity index (χ1v) is 7.55. The van der Waals surface area contributed by atoms with E-state index in [0.29, 0.717) is 12.0 Å². The molecule has 1 aliphatic carbocycles. The van der Waals surface area contributed by atoms with Crippen LogP contribution in [0.5, 0.6) is 0 Å². The van der Waals surface area contributed by atoms with E-state index < -0.39 is 0 Å². The van der Waals surface area contributed by atoms with Crippen LogP contribution >= 0.6 is 0 Å². The molecule has 0 radical (unpaired) electrons. The number of aromatic nitrogens is 2. The normalized spacial score (nSPS) is 22.2. The Labute approximate surface area is 119 Å². The monoisotopic (exact) mass is 265 g/mol. The molecule has 2 aromatic rings. The van der Waals surface area contributed by atoms with Crippen LogP contribution in [0.25, 0.3) is 0 Å². The van der Waals surface area contributed by atoms with Gasteiger partial charge >= 0.3 is 0 Å². The second kappa shape index (κ2) is 4.89. The molecule has 102 valence electrons. The molecule has 0 amide bonds. The lowest BCUT2D eigenvalue weighted by Gasteiger charge is -2.26. The molecule has 2 fully saturated rings. The molecular weight excluding hydrogens is 246 g/mol. The highest BCUT2D eigenvalue weighted by Gasteiger charge is 2.29. The first-order valence-electron chi connectivity index (χ1n) is 7.55. The van der Waals surface area contributed by atoms with Crippen molar-refractivity contribution in [3.8, 4) is 0 Å². The number of nitrogens with zero attached hydrogens (tertiary/aromatic N) is 3. The minimum absolute atomic E-state index is 0.471. The molecule has 3 heteroatoms. The molecular formula is C17H19N3. The zero-order valence-electron chi connectivity index (χ0n) is 11.6. The Hall–Kier alpha value is -1.90. The summed E-state index contributed by atoms with van der Waals surface area (Å²) < 4.78 is 0. The maximum absolute atomic E-state index is 4.52. The van der Waals surface area contributed by atoms with Gasteiger partial charge in [0.25, 0.3) is 0 Å².